The molecule has 0 aromatic heterocycles. The van der Waals surface area contributed by atoms with Gasteiger partial charge in [0.05, 0.1) is 6.61 Å². The molecule has 1 aromatic carbocycles. The molecule has 0 unspecified atom stereocenters. The molecule has 15 nitrogen and oxygen atoms in total. The first-order valence-electron chi connectivity index (χ1n) is 11.9. The van der Waals surface area contributed by atoms with E-state index in [4.69, 9.17) is 9.47 Å². The standard InChI is InChI=1S/C24H28N2O13/c27-8-17-18(29)19(30)20(31)24(39-17)38-16-6-10-5-14(23(36)37)26(13(10)7-15(16)28)2-1-9-3-11(21(32)33)25-12(4-9)22(34)35/h1,3,6-7,12,14,17-20,24-25,27-31H,2,4-5,8H2,(H,32,33)(H,34,35)(H,36,37)/b9-1+/t12-,14+,17-,18-,19+,20-,24-/m1/s1. The first-order chi connectivity index (χ1) is 18.4. The molecule has 0 bridgehead atoms. The SMILES string of the molecule is O=C(O)C1=C/C(=C\CN2c3cc(O)c(O[C@@H]4O[C@H](CO)[C@@H](O)[C@H](O)[C@H]4O)cc3C[C@H]2C(=O)O)C[C@H](C(=O)O)N1. The van der Waals surface area contributed by atoms with Crippen molar-refractivity contribution in [2.75, 3.05) is 18.1 Å². The van der Waals surface area contributed by atoms with Crippen LogP contribution in [0.5, 0.6) is 11.5 Å². The van der Waals surface area contributed by atoms with Gasteiger partial charge in [0.1, 0.15) is 42.2 Å². The van der Waals surface area contributed by atoms with Crippen molar-refractivity contribution >= 4 is 23.6 Å². The molecule has 0 aliphatic carbocycles. The predicted molar refractivity (Wildman–Crippen MR) is 128 cm³/mol. The van der Waals surface area contributed by atoms with E-state index in [9.17, 15) is 55.2 Å². The number of carbonyl (C=O) groups is 3. The van der Waals surface area contributed by atoms with E-state index < -0.39 is 73.1 Å². The summed E-state index contributed by atoms with van der Waals surface area (Å²) in [6, 6.07) is 0.304. The van der Waals surface area contributed by atoms with Gasteiger partial charge in [-0.1, -0.05) is 6.08 Å². The van der Waals surface area contributed by atoms with E-state index in [1.807, 2.05) is 0 Å². The number of aliphatic hydroxyl groups is 4. The highest BCUT2D eigenvalue weighted by atomic mass is 16.7. The number of allylic oxidation sites excluding steroid dienone is 1. The Morgan fingerprint density at radius 2 is 1.77 bits per heavy atom. The average molecular weight is 552 g/mol. The van der Waals surface area contributed by atoms with Crippen LogP contribution in [0.1, 0.15) is 12.0 Å². The number of aliphatic carboxylic acids is 3. The number of carboxylic acid groups (broad SMARTS) is 3. The molecule has 3 aliphatic heterocycles. The molecule has 3 heterocycles. The number of hydrogen-bond donors (Lipinski definition) is 9. The second kappa shape index (κ2) is 11.1. The average Bonchev–Trinajstić information content (AvgIpc) is 3.24. The Morgan fingerprint density at radius 3 is 2.38 bits per heavy atom. The number of hydrogen-bond acceptors (Lipinski definition) is 12. The molecular weight excluding hydrogens is 524 g/mol. The topological polar surface area (TPSA) is 247 Å². The molecule has 7 atom stereocenters. The van der Waals surface area contributed by atoms with Crippen molar-refractivity contribution in [1.29, 1.82) is 0 Å². The van der Waals surface area contributed by atoms with Gasteiger partial charge < -0.3 is 60.5 Å². The van der Waals surface area contributed by atoms with Gasteiger partial charge in [-0.2, -0.15) is 0 Å². The van der Waals surface area contributed by atoms with Crippen LogP contribution < -0.4 is 15.0 Å². The van der Waals surface area contributed by atoms with Crippen molar-refractivity contribution in [3.63, 3.8) is 0 Å². The van der Waals surface area contributed by atoms with E-state index in [0.29, 0.717) is 16.8 Å². The first-order valence-corrected chi connectivity index (χ1v) is 11.9. The molecule has 15 heteroatoms. The Balaban J connectivity index is 1.59. The van der Waals surface area contributed by atoms with Gasteiger partial charge in [0.15, 0.2) is 11.5 Å². The third-order valence-corrected chi connectivity index (χ3v) is 6.81. The Kier molecular flexibility index (Phi) is 7.99. The fourth-order valence-electron chi connectivity index (χ4n) is 4.74. The molecular formula is C24H28N2O13. The molecule has 0 saturated carbocycles. The summed E-state index contributed by atoms with van der Waals surface area (Å²) in [4.78, 5) is 36.3. The van der Waals surface area contributed by atoms with Gasteiger partial charge in [-0.05, 0) is 23.3 Å². The summed E-state index contributed by atoms with van der Waals surface area (Å²) in [6.45, 7) is -0.737. The summed E-state index contributed by atoms with van der Waals surface area (Å²) in [5.74, 6) is -4.46. The second-order valence-electron chi connectivity index (χ2n) is 9.36. The molecule has 212 valence electrons. The lowest BCUT2D eigenvalue weighted by atomic mass is 9.99. The maximum Gasteiger partial charge on any atom is 0.351 e. The lowest BCUT2D eigenvalue weighted by molar-refractivity contribution is -0.277. The number of rotatable bonds is 8. The van der Waals surface area contributed by atoms with Crippen LogP contribution in [0, 0.1) is 0 Å². The maximum atomic E-state index is 12.0. The van der Waals surface area contributed by atoms with Crippen LogP contribution in [-0.4, -0.2) is 115 Å². The van der Waals surface area contributed by atoms with Crippen molar-refractivity contribution in [3.8, 4) is 11.5 Å². The van der Waals surface area contributed by atoms with Crippen LogP contribution >= 0.6 is 0 Å². The van der Waals surface area contributed by atoms with E-state index in [1.165, 1.54) is 29.2 Å². The highest BCUT2D eigenvalue weighted by Gasteiger charge is 2.45. The number of fused-ring (bicyclic) bond motifs is 1. The van der Waals surface area contributed by atoms with Gasteiger partial charge >= 0.3 is 17.9 Å². The maximum absolute atomic E-state index is 12.0. The monoisotopic (exact) mass is 552 g/mol. The van der Waals surface area contributed by atoms with Gasteiger partial charge in [0.25, 0.3) is 0 Å². The van der Waals surface area contributed by atoms with Gasteiger partial charge in [-0.25, -0.2) is 14.4 Å². The number of ether oxygens (including phenoxy) is 2. The third kappa shape index (κ3) is 5.62. The molecule has 0 radical (unpaired) electrons. The Morgan fingerprint density at radius 1 is 1.05 bits per heavy atom. The minimum atomic E-state index is -1.73. The third-order valence-electron chi connectivity index (χ3n) is 6.81. The molecule has 3 aliphatic rings. The number of aliphatic hydroxyl groups excluding tert-OH is 4. The number of phenolic OH excluding ortho intramolecular Hbond substituents is 1. The first kappa shape index (κ1) is 28.1. The van der Waals surface area contributed by atoms with Gasteiger partial charge in [-0.15, -0.1) is 0 Å². The molecule has 1 aromatic rings. The van der Waals surface area contributed by atoms with Crippen molar-refractivity contribution in [2.45, 2.75) is 55.6 Å². The lowest BCUT2D eigenvalue weighted by Crippen LogP contribution is -2.60. The van der Waals surface area contributed by atoms with Gasteiger partial charge in [0.2, 0.25) is 6.29 Å². The largest absolute Gasteiger partial charge is 0.504 e. The highest BCUT2D eigenvalue weighted by molar-refractivity contribution is 5.89. The van der Waals surface area contributed by atoms with Gasteiger partial charge in [0, 0.05) is 31.1 Å². The number of aromatic hydroxyl groups is 1. The van der Waals surface area contributed by atoms with Crippen LogP contribution in [0.2, 0.25) is 0 Å². The zero-order valence-corrected chi connectivity index (χ0v) is 20.2. The van der Waals surface area contributed by atoms with E-state index in [2.05, 4.69) is 5.32 Å². The molecule has 0 spiro atoms. The molecule has 0 amide bonds. The molecule has 39 heavy (non-hydrogen) atoms. The van der Waals surface area contributed by atoms with Crippen molar-refractivity contribution in [3.05, 3.63) is 41.1 Å². The zero-order valence-electron chi connectivity index (χ0n) is 20.2. The van der Waals surface area contributed by atoms with Crippen LogP contribution in [0.15, 0.2) is 35.6 Å². The lowest BCUT2D eigenvalue weighted by Gasteiger charge is -2.39. The highest BCUT2D eigenvalue weighted by Crippen LogP contribution is 2.41. The Bertz CT molecular complexity index is 1210. The number of carboxylic acids is 3. The minimum absolute atomic E-state index is 0.0192. The number of anilines is 1. The van der Waals surface area contributed by atoms with Crippen molar-refractivity contribution in [2.24, 2.45) is 0 Å². The number of phenols is 1. The quantitative estimate of drug-likeness (QED) is 0.165. The summed E-state index contributed by atoms with van der Waals surface area (Å²) in [6.07, 6.45) is -5.13. The van der Waals surface area contributed by atoms with E-state index in [0.717, 1.165) is 0 Å². The van der Waals surface area contributed by atoms with Crippen molar-refractivity contribution in [1.82, 2.24) is 5.32 Å². The predicted octanol–water partition coefficient (Wildman–Crippen LogP) is -2.27. The minimum Gasteiger partial charge on any atom is -0.504 e. The normalized spacial score (nSPS) is 31.3. The van der Waals surface area contributed by atoms with Crippen LogP contribution in [0.4, 0.5) is 5.69 Å². The summed E-state index contributed by atoms with van der Waals surface area (Å²) in [5, 5.41) is 80.9. The van der Waals surface area contributed by atoms with Crippen LogP contribution in [0.25, 0.3) is 0 Å². The zero-order chi connectivity index (χ0) is 28.6. The van der Waals surface area contributed by atoms with Crippen LogP contribution in [-0.2, 0) is 25.5 Å². The summed E-state index contributed by atoms with van der Waals surface area (Å²) in [7, 11) is 0. The summed E-state index contributed by atoms with van der Waals surface area (Å²) in [5.41, 5.74) is 0.810. The summed E-state index contributed by atoms with van der Waals surface area (Å²) < 4.78 is 10.8. The van der Waals surface area contributed by atoms with Crippen LogP contribution in [0.3, 0.4) is 0 Å². The smallest absolute Gasteiger partial charge is 0.351 e. The molecule has 9 N–H and O–H groups in total. The molecule has 1 fully saturated rings. The second-order valence-corrected chi connectivity index (χ2v) is 9.36. The Hall–Kier alpha value is -3.89. The van der Waals surface area contributed by atoms with Crippen molar-refractivity contribution < 1.29 is 64.7 Å². The number of benzene rings is 1. The van der Waals surface area contributed by atoms with E-state index >= 15 is 0 Å². The number of nitrogens with zero attached hydrogens (tertiary/aromatic N) is 1. The van der Waals surface area contributed by atoms with E-state index in [1.54, 1.807) is 0 Å². The fraction of sp³-hybridized carbons (Fsp3) is 0.458. The fourth-order valence-corrected chi connectivity index (χ4v) is 4.74. The van der Waals surface area contributed by atoms with E-state index in [-0.39, 0.29) is 30.8 Å². The Labute approximate surface area is 220 Å². The number of nitrogens with one attached hydrogen (secondary N) is 1. The molecule has 4 rings (SSSR count). The van der Waals surface area contributed by atoms with Gasteiger partial charge in [-0.3, -0.25) is 0 Å². The molecule has 1 saturated heterocycles. The summed E-state index contributed by atoms with van der Waals surface area (Å²) >= 11 is 0.